The Balaban J connectivity index is 1.81. The Morgan fingerprint density at radius 2 is 1.52 bits per heavy atom. The molecule has 5 nitrogen and oxygen atoms in total. The van der Waals surface area contributed by atoms with Crippen molar-refractivity contribution in [3.05, 3.63) is 58.9 Å². The first-order valence-corrected chi connectivity index (χ1v) is 9.82. The zero-order valence-corrected chi connectivity index (χ0v) is 16.1. The minimum atomic E-state index is -0.279. The third-order valence-electron chi connectivity index (χ3n) is 5.08. The van der Waals surface area contributed by atoms with Gasteiger partial charge in [-0.05, 0) is 55.4 Å². The molecule has 0 bridgehead atoms. The number of amides is 2. The molecular weight excluding hydrogens is 338 g/mol. The molecule has 142 valence electrons. The standard InChI is InChI=1S/C22H27N3O2/c1-3-16-10-8-11-17(4-2)20(16)24-21(26)18-12-9-13-19(23-18)22(27)25-14-6-5-7-15-25/h8-13H,3-7,14-15H2,1-2H3,(H,24,26). The number of rotatable bonds is 5. The van der Waals surface area contributed by atoms with Gasteiger partial charge in [0.05, 0.1) is 0 Å². The first kappa shape index (κ1) is 19.1. The molecule has 1 aliphatic rings. The van der Waals surface area contributed by atoms with E-state index < -0.39 is 0 Å². The summed E-state index contributed by atoms with van der Waals surface area (Å²) in [6.07, 6.45) is 4.89. The number of likely N-dealkylation sites (tertiary alicyclic amines) is 1. The third kappa shape index (κ3) is 4.35. The summed E-state index contributed by atoms with van der Waals surface area (Å²) in [5, 5.41) is 3.02. The Kier molecular flexibility index (Phi) is 6.22. The highest BCUT2D eigenvalue weighted by molar-refractivity contribution is 6.04. The van der Waals surface area contributed by atoms with E-state index in [4.69, 9.17) is 0 Å². The van der Waals surface area contributed by atoms with Crippen LogP contribution in [0.25, 0.3) is 0 Å². The van der Waals surface area contributed by atoms with Crippen LogP contribution in [-0.4, -0.2) is 34.8 Å². The summed E-state index contributed by atoms with van der Waals surface area (Å²) >= 11 is 0. The molecule has 2 heterocycles. The van der Waals surface area contributed by atoms with Crippen LogP contribution < -0.4 is 5.32 Å². The molecule has 3 rings (SSSR count). The second-order valence-electron chi connectivity index (χ2n) is 6.87. The molecule has 1 fully saturated rings. The lowest BCUT2D eigenvalue weighted by molar-refractivity contribution is 0.0718. The summed E-state index contributed by atoms with van der Waals surface area (Å²) in [6, 6.07) is 11.1. The summed E-state index contributed by atoms with van der Waals surface area (Å²) in [6.45, 7) is 5.67. The van der Waals surface area contributed by atoms with E-state index in [9.17, 15) is 9.59 Å². The molecule has 0 atom stereocenters. The summed E-state index contributed by atoms with van der Waals surface area (Å²) in [5.74, 6) is -0.369. The van der Waals surface area contributed by atoms with Crippen molar-refractivity contribution in [2.75, 3.05) is 18.4 Å². The lowest BCUT2D eigenvalue weighted by Crippen LogP contribution is -2.36. The highest BCUT2D eigenvalue weighted by Gasteiger charge is 2.21. The molecule has 5 heteroatoms. The van der Waals surface area contributed by atoms with E-state index in [1.165, 1.54) is 0 Å². The van der Waals surface area contributed by atoms with Crippen LogP contribution in [0, 0.1) is 0 Å². The molecule has 0 aliphatic carbocycles. The maximum Gasteiger partial charge on any atom is 0.274 e. The quantitative estimate of drug-likeness (QED) is 0.868. The number of nitrogens with zero attached hydrogens (tertiary/aromatic N) is 2. The maximum atomic E-state index is 12.8. The maximum absolute atomic E-state index is 12.8. The average molecular weight is 365 g/mol. The number of aryl methyl sites for hydroxylation is 2. The second kappa shape index (κ2) is 8.80. The fourth-order valence-corrected chi connectivity index (χ4v) is 3.52. The van der Waals surface area contributed by atoms with Crippen LogP contribution in [0.4, 0.5) is 5.69 Å². The van der Waals surface area contributed by atoms with Gasteiger partial charge in [0.2, 0.25) is 0 Å². The number of carbonyl (C=O) groups excluding carboxylic acids is 2. The van der Waals surface area contributed by atoms with Gasteiger partial charge in [0.15, 0.2) is 0 Å². The van der Waals surface area contributed by atoms with Crippen molar-refractivity contribution >= 4 is 17.5 Å². The Morgan fingerprint density at radius 1 is 0.926 bits per heavy atom. The van der Waals surface area contributed by atoms with Crippen LogP contribution in [0.1, 0.15) is 65.2 Å². The van der Waals surface area contributed by atoms with E-state index in [2.05, 4.69) is 24.1 Å². The number of piperidine rings is 1. The normalized spacial score (nSPS) is 14.1. The summed E-state index contributed by atoms with van der Waals surface area (Å²) in [5.41, 5.74) is 3.67. The first-order chi connectivity index (χ1) is 13.1. The summed E-state index contributed by atoms with van der Waals surface area (Å²) in [4.78, 5) is 31.6. The monoisotopic (exact) mass is 365 g/mol. The SMILES string of the molecule is CCc1cccc(CC)c1NC(=O)c1cccc(C(=O)N2CCCCC2)n1. The van der Waals surface area contributed by atoms with Gasteiger partial charge in [0.25, 0.3) is 11.8 Å². The molecular formula is C22H27N3O2. The molecule has 1 aromatic heterocycles. The minimum Gasteiger partial charge on any atom is -0.337 e. The summed E-state index contributed by atoms with van der Waals surface area (Å²) in [7, 11) is 0. The van der Waals surface area contributed by atoms with Gasteiger partial charge in [0.1, 0.15) is 11.4 Å². The van der Waals surface area contributed by atoms with Crippen molar-refractivity contribution in [2.45, 2.75) is 46.0 Å². The molecule has 27 heavy (non-hydrogen) atoms. The number of nitrogens with one attached hydrogen (secondary N) is 1. The number of anilines is 1. The van der Waals surface area contributed by atoms with Crippen LogP contribution in [0.3, 0.4) is 0 Å². The van der Waals surface area contributed by atoms with Gasteiger partial charge in [-0.25, -0.2) is 4.98 Å². The van der Waals surface area contributed by atoms with Crippen molar-refractivity contribution < 1.29 is 9.59 Å². The second-order valence-corrected chi connectivity index (χ2v) is 6.87. The zero-order chi connectivity index (χ0) is 19.2. The van der Waals surface area contributed by atoms with Crippen LogP contribution in [-0.2, 0) is 12.8 Å². The Bertz CT molecular complexity index is 804. The Hall–Kier alpha value is -2.69. The van der Waals surface area contributed by atoms with Crippen molar-refractivity contribution in [3.8, 4) is 0 Å². The molecule has 0 radical (unpaired) electrons. The number of carbonyl (C=O) groups is 2. The van der Waals surface area contributed by atoms with Crippen LogP contribution in [0.5, 0.6) is 0 Å². The molecule has 0 spiro atoms. The fourth-order valence-electron chi connectivity index (χ4n) is 3.52. The molecule has 2 aromatic rings. The Labute approximate surface area is 160 Å². The van der Waals surface area contributed by atoms with Crippen molar-refractivity contribution in [1.82, 2.24) is 9.88 Å². The third-order valence-corrected chi connectivity index (χ3v) is 5.08. The van der Waals surface area contributed by atoms with Gasteiger partial charge >= 0.3 is 0 Å². The Morgan fingerprint density at radius 3 is 2.15 bits per heavy atom. The van der Waals surface area contributed by atoms with Gasteiger partial charge in [-0.1, -0.05) is 38.1 Å². The predicted molar refractivity (Wildman–Crippen MR) is 107 cm³/mol. The lowest BCUT2D eigenvalue weighted by Gasteiger charge is -2.26. The van der Waals surface area contributed by atoms with E-state index in [0.717, 1.165) is 62.0 Å². The predicted octanol–water partition coefficient (Wildman–Crippen LogP) is 4.08. The zero-order valence-electron chi connectivity index (χ0n) is 16.1. The highest BCUT2D eigenvalue weighted by atomic mass is 16.2. The fraction of sp³-hybridized carbons (Fsp3) is 0.409. The largest absolute Gasteiger partial charge is 0.337 e. The molecule has 0 saturated carbocycles. The van der Waals surface area contributed by atoms with Gasteiger partial charge < -0.3 is 10.2 Å². The molecule has 1 saturated heterocycles. The summed E-state index contributed by atoms with van der Waals surface area (Å²) < 4.78 is 0. The van der Waals surface area contributed by atoms with E-state index in [0.29, 0.717) is 5.69 Å². The van der Waals surface area contributed by atoms with Crippen molar-refractivity contribution in [1.29, 1.82) is 0 Å². The number of pyridine rings is 1. The van der Waals surface area contributed by atoms with E-state index in [1.54, 1.807) is 18.2 Å². The van der Waals surface area contributed by atoms with Crippen LogP contribution >= 0.6 is 0 Å². The lowest BCUT2D eigenvalue weighted by atomic mass is 10.0. The topological polar surface area (TPSA) is 62.3 Å². The molecule has 2 amide bonds. The smallest absolute Gasteiger partial charge is 0.274 e. The van der Waals surface area contributed by atoms with E-state index in [-0.39, 0.29) is 17.5 Å². The van der Waals surface area contributed by atoms with E-state index in [1.807, 2.05) is 23.1 Å². The van der Waals surface area contributed by atoms with Crippen LogP contribution in [0.2, 0.25) is 0 Å². The van der Waals surface area contributed by atoms with Crippen molar-refractivity contribution in [3.63, 3.8) is 0 Å². The number of benzene rings is 1. The number of para-hydroxylation sites is 1. The van der Waals surface area contributed by atoms with Gasteiger partial charge in [-0.2, -0.15) is 0 Å². The van der Waals surface area contributed by atoms with Crippen molar-refractivity contribution in [2.24, 2.45) is 0 Å². The minimum absolute atomic E-state index is 0.0902. The number of hydrogen-bond donors (Lipinski definition) is 1. The molecule has 1 aliphatic heterocycles. The molecule has 1 N–H and O–H groups in total. The van der Waals surface area contributed by atoms with Gasteiger partial charge in [-0.3, -0.25) is 9.59 Å². The first-order valence-electron chi connectivity index (χ1n) is 9.82. The van der Waals surface area contributed by atoms with E-state index >= 15 is 0 Å². The number of hydrogen-bond acceptors (Lipinski definition) is 3. The highest BCUT2D eigenvalue weighted by Crippen LogP contribution is 2.23. The van der Waals surface area contributed by atoms with Gasteiger partial charge in [-0.15, -0.1) is 0 Å². The molecule has 1 aromatic carbocycles. The van der Waals surface area contributed by atoms with Crippen LogP contribution in [0.15, 0.2) is 36.4 Å². The average Bonchev–Trinajstić information content (AvgIpc) is 2.74. The number of aromatic nitrogens is 1. The molecule has 0 unspecified atom stereocenters. The van der Waals surface area contributed by atoms with Gasteiger partial charge in [0, 0.05) is 18.8 Å².